The van der Waals surface area contributed by atoms with Crippen molar-refractivity contribution in [3.8, 4) is 0 Å². The van der Waals surface area contributed by atoms with Gasteiger partial charge in [0.1, 0.15) is 21.8 Å². The maximum atomic E-state index is 12.0. The van der Waals surface area contributed by atoms with E-state index in [2.05, 4.69) is 5.09 Å². The van der Waals surface area contributed by atoms with Crippen molar-refractivity contribution in [2.24, 2.45) is 0 Å². The Labute approximate surface area is 125 Å². The molecular formula is C10H18B2NO7P. The lowest BCUT2D eigenvalue weighted by Crippen LogP contribution is -2.37. The minimum Gasteiger partial charge on any atom is -0.394 e. The number of ether oxygens (including phenoxy) is 2. The summed E-state index contributed by atoms with van der Waals surface area (Å²) in [5.74, 6) is 0. The lowest BCUT2D eigenvalue weighted by molar-refractivity contribution is -0.00132. The Morgan fingerprint density at radius 1 is 1.24 bits per heavy atom. The summed E-state index contributed by atoms with van der Waals surface area (Å²) in [5.41, 5.74) is 0. The average molecular weight is 317 g/mol. The molecule has 0 aliphatic carbocycles. The van der Waals surface area contributed by atoms with Gasteiger partial charge >= 0.3 is 7.75 Å². The van der Waals surface area contributed by atoms with E-state index in [0.29, 0.717) is 0 Å². The summed E-state index contributed by atoms with van der Waals surface area (Å²) < 4.78 is 27.2. The van der Waals surface area contributed by atoms with Crippen LogP contribution < -0.4 is 5.09 Å². The van der Waals surface area contributed by atoms with Crippen LogP contribution >= 0.6 is 7.75 Å². The summed E-state index contributed by atoms with van der Waals surface area (Å²) in [6.45, 7) is -0.607. The zero-order valence-electron chi connectivity index (χ0n) is 11.4. The van der Waals surface area contributed by atoms with Gasteiger partial charge in [-0.2, -0.15) is 0 Å². The molecule has 0 amide bonds. The fourth-order valence-electron chi connectivity index (χ4n) is 2.42. The molecular weight excluding hydrogens is 299 g/mol. The van der Waals surface area contributed by atoms with Crippen LogP contribution in [0.15, 0.2) is 0 Å². The van der Waals surface area contributed by atoms with Gasteiger partial charge in [-0.05, 0) is 12.8 Å². The van der Waals surface area contributed by atoms with Crippen molar-refractivity contribution in [1.82, 2.24) is 5.09 Å². The fraction of sp³-hybridized carbons (Fsp3) is 1.00. The first kappa shape index (κ1) is 17.4. The van der Waals surface area contributed by atoms with Crippen LogP contribution in [0, 0.1) is 0 Å². The van der Waals surface area contributed by atoms with Crippen molar-refractivity contribution in [3.63, 3.8) is 0 Å². The van der Waals surface area contributed by atoms with Gasteiger partial charge in [0.25, 0.3) is 0 Å². The molecule has 3 unspecified atom stereocenters. The third-order valence-electron chi connectivity index (χ3n) is 3.46. The molecule has 4 N–H and O–H groups in total. The number of aliphatic hydroxyl groups excluding tert-OH is 2. The predicted molar refractivity (Wildman–Crippen MR) is 73.9 cm³/mol. The van der Waals surface area contributed by atoms with Crippen LogP contribution in [0.3, 0.4) is 0 Å². The standard InChI is InChI=1S/C10H18B2NO7P/c11-9-1-5(7(3-14)19-9)13-21(16,17)18-4-8-6(15)2-10(12)20-8/h5-10,14-15H,1-4H2,(H2,13,16,17)/t5?,6?,7-,8-,9-,10-/m1/s1. The van der Waals surface area contributed by atoms with E-state index in [1.54, 1.807) is 0 Å². The van der Waals surface area contributed by atoms with Crippen LogP contribution in [0.2, 0.25) is 0 Å². The second-order valence-corrected chi connectivity index (χ2v) is 6.76. The third-order valence-corrected chi connectivity index (χ3v) is 4.62. The van der Waals surface area contributed by atoms with Gasteiger partial charge in [0, 0.05) is 18.0 Å². The molecule has 2 aliphatic heterocycles. The Hall–Kier alpha value is 0.0799. The topological polar surface area (TPSA) is 117 Å². The van der Waals surface area contributed by atoms with Crippen molar-refractivity contribution < 1.29 is 33.7 Å². The second kappa shape index (κ2) is 7.10. The first-order valence-corrected chi connectivity index (χ1v) is 8.24. The zero-order valence-corrected chi connectivity index (χ0v) is 12.3. The van der Waals surface area contributed by atoms with Crippen molar-refractivity contribution in [2.45, 2.75) is 49.2 Å². The van der Waals surface area contributed by atoms with Crippen LogP contribution in [0.5, 0.6) is 0 Å². The van der Waals surface area contributed by atoms with Gasteiger partial charge in [-0.15, -0.1) is 0 Å². The van der Waals surface area contributed by atoms with Gasteiger partial charge in [-0.1, -0.05) is 0 Å². The molecule has 0 aromatic rings. The molecule has 0 saturated carbocycles. The highest BCUT2D eigenvalue weighted by atomic mass is 31.2. The average Bonchev–Trinajstić information content (AvgIpc) is 2.88. The van der Waals surface area contributed by atoms with E-state index in [9.17, 15) is 14.6 Å². The first-order valence-electron chi connectivity index (χ1n) is 6.67. The molecule has 7 atom stereocenters. The van der Waals surface area contributed by atoms with Crippen LogP contribution in [0.1, 0.15) is 12.8 Å². The van der Waals surface area contributed by atoms with Crippen molar-refractivity contribution >= 4 is 23.4 Å². The van der Waals surface area contributed by atoms with Crippen LogP contribution in [-0.4, -0.2) is 80.4 Å². The van der Waals surface area contributed by atoms with Gasteiger partial charge in [0.05, 0.1) is 25.4 Å². The van der Waals surface area contributed by atoms with E-state index in [1.165, 1.54) is 0 Å². The highest BCUT2D eigenvalue weighted by molar-refractivity contribution is 7.50. The molecule has 116 valence electrons. The molecule has 0 aromatic heterocycles. The quantitative estimate of drug-likeness (QED) is 0.328. The van der Waals surface area contributed by atoms with E-state index in [1.807, 2.05) is 0 Å². The highest BCUT2D eigenvalue weighted by Crippen LogP contribution is 2.40. The van der Waals surface area contributed by atoms with E-state index in [-0.39, 0.29) is 26.1 Å². The molecule has 0 aromatic carbocycles. The van der Waals surface area contributed by atoms with E-state index >= 15 is 0 Å². The first-order chi connectivity index (χ1) is 9.80. The Bertz CT molecular complexity index is 404. The fourth-order valence-corrected chi connectivity index (χ4v) is 3.53. The Morgan fingerprint density at radius 3 is 2.43 bits per heavy atom. The molecule has 11 heteroatoms. The van der Waals surface area contributed by atoms with Gasteiger partial charge in [0.2, 0.25) is 0 Å². The summed E-state index contributed by atoms with van der Waals surface area (Å²) in [6, 6.07) is -1.82. The molecule has 8 nitrogen and oxygen atoms in total. The third kappa shape index (κ3) is 4.77. The molecule has 4 radical (unpaired) electrons. The van der Waals surface area contributed by atoms with Crippen molar-refractivity contribution in [2.75, 3.05) is 13.2 Å². The summed E-state index contributed by atoms with van der Waals surface area (Å²) in [5, 5.41) is 21.1. The molecule has 2 aliphatic rings. The molecule has 21 heavy (non-hydrogen) atoms. The SMILES string of the molecule is [B][C@H]1CC(O)[C@@H](COP(=O)(O)NC2C[C@H]([B])O[C@@H]2CO)O1. The maximum absolute atomic E-state index is 12.0. The van der Waals surface area contributed by atoms with Crippen LogP contribution in [0.4, 0.5) is 0 Å². The number of hydrogen-bond donors (Lipinski definition) is 4. The Morgan fingerprint density at radius 2 is 1.86 bits per heavy atom. The minimum atomic E-state index is -4.15. The van der Waals surface area contributed by atoms with Gasteiger partial charge in [0.15, 0.2) is 0 Å². The summed E-state index contributed by atoms with van der Waals surface area (Å²) in [7, 11) is 6.91. The van der Waals surface area contributed by atoms with Gasteiger partial charge < -0.3 is 24.6 Å². The molecule has 0 spiro atoms. The normalized spacial score (nSPS) is 43.0. The van der Waals surface area contributed by atoms with Crippen LogP contribution in [0.25, 0.3) is 0 Å². The highest BCUT2D eigenvalue weighted by Gasteiger charge is 2.38. The zero-order chi connectivity index (χ0) is 15.6. The summed E-state index contributed by atoms with van der Waals surface area (Å²) in [6.07, 6.45) is -1.75. The second-order valence-electron chi connectivity index (χ2n) is 5.20. The summed E-state index contributed by atoms with van der Waals surface area (Å²) >= 11 is 0. The molecule has 2 heterocycles. The minimum absolute atomic E-state index is 0.245. The number of hydrogen-bond acceptors (Lipinski definition) is 6. The maximum Gasteiger partial charge on any atom is 0.403 e. The largest absolute Gasteiger partial charge is 0.403 e. The van der Waals surface area contributed by atoms with Crippen molar-refractivity contribution in [3.05, 3.63) is 0 Å². The van der Waals surface area contributed by atoms with Crippen LogP contribution in [-0.2, 0) is 18.6 Å². The Balaban J connectivity index is 1.83. The molecule has 2 fully saturated rings. The van der Waals surface area contributed by atoms with E-state index in [0.717, 1.165) is 0 Å². The predicted octanol–water partition coefficient (Wildman–Crippen LogP) is -2.02. The Kier molecular flexibility index (Phi) is 5.90. The molecule has 2 saturated heterocycles. The molecule has 0 bridgehead atoms. The monoisotopic (exact) mass is 317 g/mol. The lowest BCUT2D eigenvalue weighted by Gasteiger charge is -2.23. The smallest absolute Gasteiger partial charge is 0.394 e. The van der Waals surface area contributed by atoms with E-state index < -0.39 is 44.1 Å². The lowest BCUT2D eigenvalue weighted by atomic mass is 9.95. The van der Waals surface area contributed by atoms with Crippen molar-refractivity contribution in [1.29, 1.82) is 0 Å². The number of nitrogens with one attached hydrogen (secondary N) is 1. The number of aliphatic hydroxyl groups is 2. The molecule has 2 rings (SSSR count). The number of rotatable bonds is 6. The van der Waals surface area contributed by atoms with Gasteiger partial charge in [-0.3, -0.25) is 4.52 Å². The van der Waals surface area contributed by atoms with E-state index in [4.69, 9.17) is 34.8 Å². The summed E-state index contributed by atoms with van der Waals surface area (Å²) in [4.78, 5) is 9.76. The van der Waals surface area contributed by atoms with Gasteiger partial charge in [-0.25, -0.2) is 9.65 Å².